The number of carbonyl (C=O) groups is 1. The molecule has 1 aliphatic carbocycles. The van der Waals surface area contributed by atoms with E-state index in [1.54, 1.807) is 0 Å². The lowest BCUT2D eigenvalue weighted by Gasteiger charge is -2.41. The van der Waals surface area contributed by atoms with Crippen LogP contribution in [-0.2, 0) is 4.79 Å². The van der Waals surface area contributed by atoms with Gasteiger partial charge in [0.2, 0.25) is 5.91 Å². The van der Waals surface area contributed by atoms with Gasteiger partial charge in [0.1, 0.15) is 6.42 Å². The van der Waals surface area contributed by atoms with Crippen LogP contribution < -0.4 is 5.32 Å². The maximum absolute atomic E-state index is 11.8. The first kappa shape index (κ1) is 11.6. The van der Waals surface area contributed by atoms with Gasteiger partial charge in [0.15, 0.2) is 0 Å². The predicted octanol–water partition coefficient (Wildman–Crippen LogP) is 2.22. The molecular formula is C8H11ClF3NO. The third-order valence-electron chi connectivity index (χ3n) is 2.33. The molecule has 0 saturated heterocycles. The van der Waals surface area contributed by atoms with E-state index < -0.39 is 24.0 Å². The molecule has 14 heavy (non-hydrogen) atoms. The predicted molar refractivity (Wildman–Crippen MR) is 46.1 cm³/mol. The van der Waals surface area contributed by atoms with Crippen LogP contribution in [0.5, 0.6) is 0 Å². The molecule has 1 amide bonds. The van der Waals surface area contributed by atoms with Gasteiger partial charge >= 0.3 is 6.18 Å². The molecule has 0 aromatic heterocycles. The normalized spacial score (nSPS) is 20.0. The molecule has 0 radical (unpaired) electrons. The maximum Gasteiger partial charge on any atom is 0.397 e. The molecule has 2 nitrogen and oxygen atoms in total. The quantitative estimate of drug-likeness (QED) is 0.739. The van der Waals surface area contributed by atoms with Crippen molar-refractivity contribution in [3.05, 3.63) is 0 Å². The monoisotopic (exact) mass is 229 g/mol. The summed E-state index contributed by atoms with van der Waals surface area (Å²) >= 11 is 5.58. The Hall–Kier alpha value is -0.450. The number of hydrogen-bond acceptors (Lipinski definition) is 1. The summed E-state index contributed by atoms with van der Waals surface area (Å²) in [5, 5.41) is 2.35. The number of amides is 1. The van der Waals surface area contributed by atoms with E-state index in [1.807, 2.05) is 0 Å². The lowest BCUT2D eigenvalue weighted by Crippen LogP contribution is -2.55. The van der Waals surface area contributed by atoms with Crippen LogP contribution in [0.15, 0.2) is 0 Å². The molecule has 0 unspecified atom stereocenters. The van der Waals surface area contributed by atoms with Crippen LogP contribution in [0.3, 0.4) is 0 Å². The number of rotatable bonds is 3. The highest BCUT2D eigenvalue weighted by Crippen LogP contribution is 2.33. The van der Waals surface area contributed by atoms with Crippen molar-refractivity contribution >= 4 is 17.5 Å². The third kappa shape index (κ3) is 3.04. The van der Waals surface area contributed by atoms with E-state index in [9.17, 15) is 18.0 Å². The molecule has 6 heteroatoms. The van der Waals surface area contributed by atoms with Gasteiger partial charge in [-0.25, -0.2) is 0 Å². The first-order valence-corrected chi connectivity index (χ1v) is 4.84. The summed E-state index contributed by atoms with van der Waals surface area (Å²) in [6.45, 7) is 0. The zero-order chi connectivity index (χ0) is 10.8. The summed E-state index contributed by atoms with van der Waals surface area (Å²) in [6, 6.07) is 0. The molecule has 0 aliphatic heterocycles. The standard InChI is InChI=1S/C8H11ClF3NO/c9-5-7(2-1-3-7)13-6(14)4-8(10,11)12/h1-5H2,(H,13,14). The molecule has 0 spiro atoms. The molecule has 1 aliphatic rings. The molecule has 82 valence electrons. The van der Waals surface area contributed by atoms with Gasteiger partial charge in [0.25, 0.3) is 0 Å². The summed E-state index contributed by atoms with van der Waals surface area (Å²) in [5.74, 6) is -0.811. The van der Waals surface area contributed by atoms with Crippen LogP contribution in [0, 0.1) is 0 Å². The van der Waals surface area contributed by atoms with Crippen molar-refractivity contribution < 1.29 is 18.0 Å². The summed E-state index contributed by atoms with van der Waals surface area (Å²) in [7, 11) is 0. The number of carbonyl (C=O) groups excluding carboxylic acids is 1. The average molecular weight is 230 g/mol. The molecule has 0 heterocycles. The minimum absolute atomic E-state index is 0.177. The smallest absolute Gasteiger partial charge is 0.349 e. The van der Waals surface area contributed by atoms with Crippen molar-refractivity contribution in [1.82, 2.24) is 5.32 Å². The highest BCUT2D eigenvalue weighted by molar-refractivity contribution is 6.18. The van der Waals surface area contributed by atoms with Gasteiger partial charge in [-0.3, -0.25) is 4.79 Å². The van der Waals surface area contributed by atoms with Gasteiger partial charge < -0.3 is 5.32 Å². The van der Waals surface area contributed by atoms with E-state index in [2.05, 4.69) is 5.32 Å². The zero-order valence-electron chi connectivity index (χ0n) is 7.46. The van der Waals surface area contributed by atoms with Gasteiger partial charge in [-0.1, -0.05) is 0 Å². The number of alkyl halides is 4. The van der Waals surface area contributed by atoms with E-state index in [0.29, 0.717) is 12.8 Å². The minimum Gasteiger partial charge on any atom is -0.349 e. The fourth-order valence-electron chi connectivity index (χ4n) is 1.42. The fraction of sp³-hybridized carbons (Fsp3) is 0.875. The van der Waals surface area contributed by atoms with E-state index in [4.69, 9.17) is 11.6 Å². The van der Waals surface area contributed by atoms with Crippen LogP contribution in [0.1, 0.15) is 25.7 Å². The first-order valence-electron chi connectivity index (χ1n) is 4.31. The Kier molecular flexibility index (Phi) is 3.29. The van der Waals surface area contributed by atoms with Crippen molar-refractivity contribution in [1.29, 1.82) is 0 Å². The van der Waals surface area contributed by atoms with Crippen molar-refractivity contribution in [2.45, 2.75) is 37.4 Å². The Morgan fingerprint density at radius 2 is 2.00 bits per heavy atom. The molecule has 1 saturated carbocycles. The Morgan fingerprint density at radius 3 is 2.29 bits per heavy atom. The van der Waals surface area contributed by atoms with Gasteiger partial charge in [-0.2, -0.15) is 13.2 Å². The Bertz CT molecular complexity index is 220. The highest BCUT2D eigenvalue weighted by Gasteiger charge is 2.40. The summed E-state index contributed by atoms with van der Waals surface area (Å²) in [6.07, 6.45) is -3.63. The molecule has 0 bridgehead atoms. The molecule has 1 N–H and O–H groups in total. The van der Waals surface area contributed by atoms with Crippen molar-refractivity contribution in [2.75, 3.05) is 5.88 Å². The maximum atomic E-state index is 11.8. The number of hydrogen-bond donors (Lipinski definition) is 1. The second kappa shape index (κ2) is 3.96. The summed E-state index contributed by atoms with van der Waals surface area (Å²) < 4.78 is 35.4. The second-order valence-corrected chi connectivity index (χ2v) is 3.87. The van der Waals surface area contributed by atoms with Crippen LogP contribution in [0.2, 0.25) is 0 Å². The van der Waals surface area contributed by atoms with E-state index in [1.165, 1.54) is 0 Å². The van der Waals surface area contributed by atoms with Gasteiger partial charge in [-0.05, 0) is 19.3 Å². The number of halogens is 4. The van der Waals surface area contributed by atoms with Crippen molar-refractivity contribution in [2.24, 2.45) is 0 Å². The van der Waals surface area contributed by atoms with Crippen LogP contribution in [0.25, 0.3) is 0 Å². The lowest BCUT2D eigenvalue weighted by molar-refractivity contribution is -0.155. The molecule has 0 aromatic carbocycles. The van der Waals surface area contributed by atoms with E-state index in [0.717, 1.165) is 6.42 Å². The van der Waals surface area contributed by atoms with Crippen LogP contribution in [-0.4, -0.2) is 23.5 Å². The Labute approximate surface area is 84.8 Å². The molecule has 1 fully saturated rings. The Morgan fingerprint density at radius 1 is 1.43 bits per heavy atom. The molecule has 0 atom stereocenters. The average Bonchev–Trinajstić information content (AvgIpc) is 1.93. The van der Waals surface area contributed by atoms with Crippen molar-refractivity contribution in [3.8, 4) is 0 Å². The van der Waals surface area contributed by atoms with E-state index in [-0.39, 0.29) is 5.88 Å². The topological polar surface area (TPSA) is 29.1 Å². The Balaban J connectivity index is 2.40. The molecule has 1 rings (SSSR count). The van der Waals surface area contributed by atoms with Gasteiger partial charge in [0.05, 0.1) is 5.54 Å². The molecular weight excluding hydrogens is 219 g/mol. The first-order chi connectivity index (χ1) is 6.37. The van der Waals surface area contributed by atoms with Gasteiger partial charge in [-0.15, -0.1) is 11.6 Å². The zero-order valence-corrected chi connectivity index (χ0v) is 8.21. The second-order valence-electron chi connectivity index (χ2n) is 3.61. The third-order valence-corrected chi connectivity index (χ3v) is 2.84. The molecule has 0 aromatic rings. The fourth-order valence-corrected chi connectivity index (χ4v) is 1.75. The van der Waals surface area contributed by atoms with Crippen LogP contribution in [0.4, 0.5) is 13.2 Å². The SMILES string of the molecule is O=C(CC(F)(F)F)NC1(CCl)CCC1. The van der Waals surface area contributed by atoms with E-state index >= 15 is 0 Å². The minimum atomic E-state index is -4.44. The van der Waals surface area contributed by atoms with Crippen molar-refractivity contribution in [3.63, 3.8) is 0 Å². The summed E-state index contributed by atoms with van der Waals surface area (Å²) in [4.78, 5) is 10.9. The summed E-state index contributed by atoms with van der Waals surface area (Å²) in [5.41, 5.74) is -0.579. The highest BCUT2D eigenvalue weighted by atomic mass is 35.5. The largest absolute Gasteiger partial charge is 0.397 e. The van der Waals surface area contributed by atoms with Crippen LogP contribution >= 0.6 is 11.6 Å². The lowest BCUT2D eigenvalue weighted by atomic mass is 9.78. The number of nitrogens with one attached hydrogen (secondary N) is 1. The van der Waals surface area contributed by atoms with Gasteiger partial charge in [0, 0.05) is 5.88 Å².